The molecule has 0 amide bonds. The van der Waals surface area contributed by atoms with Crippen molar-refractivity contribution < 1.29 is 18.7 Å². The molecule has 1 aromatic carbocycles. The number of carbonyl (C=O) groups excluding carboxylic acids is 1. The molecular weight excluding hydrogens is 199 g/mol. The van der Waals surface area contributed by atoms with Crippen LogP contribution < -0.4 is 4.74 Å². The van der Waals surface area contributed by atoms with Crippen molar-refractivity contribution in [3.8, 4) is 5.75 Å². The SMILES string of the molecule is CCC(C)OC(=O)Oc1ccc(F)cc1. The predicted octanol–water partition coefficient (Wildman–Crippen LogP) is 3.14. The molecule has 0 radical (unpaired) electrons. The molecule has 1 rings (SSSR count). The number of benzene rings is 1. The maximum atomic E-state index is 12.5. The molecule has 0 bridgehead atoms. The molecular formula is C11H13FO3. The van der Waals surface area contributed by atoms with Crippen molar-refractivity contribution in [3.05, 3.63) is 30.1 Å². The third kappa shape index (κ3) is 3.97. The minimum absolute atomic E-state index is 0.182. The summed E-state index contributed by atoms with van der Waals surface area (Å²) < 4.78 is 22.2. The van der Waals surface area contributed by atoms with E-state index in [4.69, 9.17) is 9.47 Å². The number of carbonyl (C=O) groups is 1. The lowest BCUT2D eigenvalue weighted by atomic mass is 10.3. The first-order valence-corrected chi connectivity index (χ1v) is 4.76. The van der Waals surface area contributed by atoms with E-state index < -0.39 is 6.16 Å². The van der Waals surface area contributed by atoms with Gasteiger partial charge in [0.15, 0.2) is 0 Å². The fourth-order valence-corrected chi connectivity index (χ4v) is 0.871. The van der Waals surface area contributed by atoms with Crippen LogP contribution in [-0.4, -0.2) is 12.3 Å². The standard InChI is InChI=1S/C11H13FO3/c1-3-8(2)14-11(13)15-10-6-4-9(12)5-7-10/h4-8H,3H2,1-2H3. The van der Waals surface area contributed by atoms with Gasteiger partial charge in [0.05, 0.1) is 0 Å². The summed E-state index contributed by atoms with van der Waals surface area (Å²) in [4.78, 5) is 11.1. The Balaban J connectivity index is 2.48. The summed E-state index contributed by atoms with van der Waals surface area (Å²) >= 11 is 0. The summed E-state index contributed by atoms with van der Waals surface area (Å²) in [5, 5.41) is 0. The van der Waals surface area contributed by atoms with Crippen LogP contribution >= 0.6 is 0 Å². The highest BCUT2D eigenvalue weighted by Crippen LogP contribution is 2.12. The van der Waals surface area contributed by atoms with E-state index in [1.165, 1.54) is 24.3 Å². The van der Waals surface area contributed by atoms with Crippen molar-refractivity contribution in [2.45, 2.75) is 26.4 Å². The maximum absolute atomic E-state index is 12.5. The van der Waals surface area contributed by atoms with Crippen molar-refractivity contribution in [1.82, 2.24) is 0 Å². The lowest BCUT2D eigenvalue weighted by molar-refractivity contribution is 0.0643. The number of ether oxygens (including phenoxy) is 2. The van der Waals surface area contributed by atoms with Crippen LogP contribution in [0.1, 0.15) is 20.3 Å². The Morgan fingerprint density at radius 1 is 1.40 bits per heavy atom. The minimum atomic E-state index is -0.768. The summed E-state index contributed by atoms with van der Waals surface area (Å²) in [7, 11) is 0. The molecule has 4 heteroatoms. The van der Waals surface area contributed by atoms with Crippen LogP contribution in [0.25, 0.3) is 0 Å². The first-order chi connectivity index (χ1) is 7.11. The maximum Gasteiger partial charge on any atom is 0.514 e. The van der Waals surface area contributed by atoms with Gasteiger partial charge in [0, 0.05) is 0 Å². The van der Waals surface area contributed by atoms with E-state index in [9.17, 15) is 9.18 Å². The number of hydrogen-bond donors (Lipinski definition) is 0. The summed E-state index contributed by atoms with van der Waals surface area (Å²) in [6.45, 7) is 3.67. The fraction of sp³-hybridized carbons (Fsp3) is 0.364. The lowest BCUT2D eigenvalue weighted by Gasteiger charge is -2.10. The number of halogens is 1. The molecule has 0 aliphatic rings. The van der Waals surface area contributed by atoms with Gasteiger partial charge in [-0.25, -0.2) is 9.18 Å². The molecule has 82 valence electrons. The average Bonchev–Trinajstić information content (AvgIpc) is 2.21. The van der Waals surface area contributed by atoms with Gasteiger partial charge in [-0.05, 0) is 37.6 Å². The zero-order valence-corrected chi connectivity index (χ0v) is 8.70. The molecule has 1 atom stereocenters. The smallest absolute Gasteiger partial charge is 0.431 e. The molecule has 0 aliphatic carbocycles. The molecule has 0 N–H and O–H groups in total. The van der Waals surface area contributed by atoms with Gasteiger partial charge in [0.1, 0.15) is 17.7 Å². The van der Waals surface area contributed by atoms with E-state index in [0.29, 0.717) is 0 Å². The molecule has 15 heavy (non-hydrogen) atoms. The predicted molar refractivity (Wildman–Crippen MR) is 53.3 cm³/mol. The number of hydrogen-bond acceptors (Lipinski definition) is 3. The largest absolute Gasteiger partial charge is 0.514 e. The molecule has 0 aliphatic heterocycles. The summed E-state index contributed by atoms with van der Waals surface area (Å²) in [5.41, 5.74) is 0. The lowest BCUT2D eigenvalue weighted by Crippen LogP contribution is -2.17. The van der Waals surface area contributed by atoms with Crippen molar-refractivity contribution >= 4 is 6.16 Å². The van der Waals surface area contributed by atoms with Crippen LogP contribution in [0.15, 0.2) is 24.3 Å². The van der Waals surface area contributed by atoms with Crippen LogP contribution in [-0.2, 0) is 4.74 Å². The minimum Gasteiger partial charge on any atom is -0.431 e. The first kappa shape index (κ1) is 11.5. The summed E-state index contributed by atoms with van der Waals surface area (Å²) in [6, 6.07) is 5.16. The van der Waals surface area contributed by atoms with Gasteiger partial charge in [0.25, 0.3) is 0 Å². The Bertz CT molecular complexity index is 321. The van der Waals surface area contributed by atoms with E-state index in [1.807, 2.05) is 6.92 Å². The Hall–Kier alpha value is -1.58. The van der Waals surface area contributed by atoms with Gasteiger partial charge < -0.3 is 9.47 Å². The molecule has 0 fully saturated rings. The van der Waals surface area contributed by atoms with Crippen LogP contribution in [0.4, 0.5) is 9.18 Å². The molecule has 0 heterocycles. The molecule has 0 aromatic heterocycles. The van der Waals surface area contributed by atoms with E-state index >= 15 is 0 Å². The van der Waals surface area contributed by atoms with Crippen LogP contribution in [0.2, 0.25) is 0 Å². The topological polar surface area (TPSA) is 35.5 Å². The molecule has 0 saturated carbocycles. The second-order valence-corrected chi connectivity index (χ2v) is 3.14. The first-order valence-electron chi connectivity index (χ1n) is 4.76. The summed E-state index contributed by atoms with van der Waals surface area (Å²) in [5.74, 6) is -0.109. The van der Waals surface area contributed by atoms with Crippen LogP contribution in [0.3, 0.4) is 0 Å². The molecule has 1 unspecified atom stereocenters. The van der Waals surface area contributed by atoms with Gasteiger partial charge in [-0.1, -0.05) is 6.92 Å². The van der Waals surface area contributed by atoms with Gasteiger partial charge in [-0.15, -0.1) is 0 Å². The molecule has 3 nitrogen and oxygen atoms in total. The van der Waals surface area contributed by atoms with Crippen molar-refractivity contribution in [3.63, 3.8) is 0 Å². The third-order valence-corrected chi connectivity index (χ3v) is 1.89. The Kier molecular flexibility index (Phi) is 4.09. The second-order valence-electron chi connectivity index (χ2n) is 3.14. The highest BCUT2D eigenvalue weighted by Gasteiger charge is 2.09. The summed E-state index contributed by atoms with van der Waals surface area (Å²) in [6.07, 6.45) is -0.229. The van der Waals surface area contributed by atoms with Crippen molar-refractivity contribution in [1.29, 1.82) is 0 Å². The average molecular weight is 212 g/mol. The zero-order chi connectivity index (χ0) is 11.3. The van der Waals surface area contributed by atoms with Crippen molar-refractivity contribution in [2.75, 3.05) is 0 Å². The van der Waals surface area contributed by atoms with Crippen LogP contribution in [0.5, 0.6) is 5.75 Å². The molecule has 1 aromatic rings. The van der Waals surface area contributed by atoms with Crippen molar-refractivity contribution in [2.24, 2.45) is 0 Å². The van der Waals surface area contributed by atoms with E-state index in [2.05, 4.69) is 0 Å². The van der Waals surface area contributed by atoms with E-state index in [-0.39, 0.29) is 17.7 Å². The molecule has 0 saturated heterocycles. The van der Waals surface area contributed by atoms with Gasteiger partial charge in [-0.2, -0.15) is 0 Å². The fourth-order valence-electron chi connectivity index (χ4n) is 0.871. The third-order valence-electron chi connectivity index (χ3n) is 1.89. The Morgan fingerprint density at radius 3 is 2.53 bits per heavy atom. The highest BCUT2D eigenvalue weighted by molar-refractivity contribution is 5.63. The van der Waals surface area contributed by atoms with Gasteiger partial charge in [0.2, 0.25) is 0 Å². The van der Waals surface area contributed by atoms with E-state index in [0.717, 1.165) is 6.42 Å². The normalized spacial score (nSPS) is 11.9. The highest BCUT2D eigenvalue weighted by atomic mass is 19.1. The van der Waals surface area contributed by atoms with Gasteiger partial charge >= 0.3 is 6.16 Å². The van der Waals surface area contributed by atoms with Crippen LogP contribution in [0, 0.1) is 5.82 Å². The zero-order valence-electron chi connectivity index (χ0n) is 8.70. The molecule has 0 spiro atoms. The second kappa shape index (κ2) is 5.34. The Labute approximate surface area is 87.8 Å². The Morgan fingerprint density at radius 2 is 2.00 bits per heavy atom. The number of rotatable bonds is 3. The van der Waals surface area contributed by atoms with E-state index in [1.54, 1.807) is 6.92 Å². The van der Waals surface area contributed by atoms with Gasteiger partial charge in [-0.3, -0.25) is 0 Å². The quantitative estimate of drug-likeness (QED) is 0.570. The monoisotopic (exact) mass is 212 g/mol.